The summed E-state index contributed by atoms with van der Waals surface area (Å²) in [6, 6.07) is 23.9. The fraction of sp³-hybridized carbons (Fsp3) is 0.280. The molecule has 1 fully saturated rings. The van der Waals surface area contributed by atoms with E-state index in [4.69, 9.17) is 5.26 Å². The third kappa shape index (κ3) is 4.68. The summed E-state index contributed by atoms with van der Waals surface area (Å²) in [6.45, 7) is 6.43. The molecule has 1 aliphatic rings. The minimum absolute atomic E-state index is 0.0332. The Morgan fingerprint density at radius 3 is 2.40 bits per heavy atom. The highest BCUT2D eigenvalue weighted by Crippen LogP contribution is 2.19. The van der Waals surface area contributed by atoms with Gasteiger partial charge < -0.3 is 5.32 Å². The predicted molar refractivity (Wildman–Crippen MR) is 120 cm³/mol. The van der Waals surface area contributed by atoms with Crippen molar-refractivity contribution in [1.29, 1.82) is 5.26 Å². The second-order valence-electron chi connectivity index (χ2n) is 7.85. The van der Waals surface area contributed by atoms with Crippen LogP contribution in [0.4, 0.5) is 5.69 Å². The van der Waals surface area contributed by atoms with E-state index in [1.165, 1.54) is 10.9 Å². The Morgan fingerprint density at radius 1 is 1.00 bits per heavy atom. The van der Waals surface area contributed by atoms with Crippen molar-refractivity contribution in [2.24, 2.45) is 0 Å². The van der Waals surface area contributed by atoms with Crippen LogP contribution in [0.2, 0.25) is 0 Å². The van der Waals surface area contributed by atoms with Gasteiger partial charge in [-0.25, -0.2) is 0 Å². The number of nitrogens with zero attached hydrogens (tertiary/aromatic N) is 3. The van der Waals surface area contributed by atoms with Gasteiger partial charge >= 0.3 is 0 Å². The van der Waals surface area contributed by atoms with E-state index < -0.39 is 0 Å². The normalized spacial score (nSPS) is 16.1. The number of nitrogens with one attached hydrogen (secondary N) is 1. The van der Waals surface area contributed by atoms with E-state index in [2.05, 4.69) is 33.3 Å². The van der Waals surface area contributed by atoms with Crippen molar-refractivity contribution in [2.75, 3.05) is 31.5 Å². The summed E-state index contributed by atoms with van der Waals surface area (Å²) in [5, 5.41) is 14.3. The molecule has 0 saturated carbocycles. The van der Waals surface area contributed by atoms with Crippen LogP contribution in [0.1, 0.15) is 18.1 Å². The largest absolute Gasteiger partial charge is 0.325 e. The van der Waals surface area contributed by atoms with E-state index in [0.717, 1.165) is 43.8 Å². The van der Waals surface area contributed by atoms with Crippen LogP contribution in [0.15, 0.2) is 66.7 Å². The van der Waals surface area contributed by atoms with Gasteiger partial charge in [0.05, 0.1) is 17.7 Å². The van der Waals surface area contributed by atoms with E-state index >= 15 is 0 Å². The summed E-state index contributed by atoms with van der Waals surface area (Å²) in [6.07, 6.45) is 0. The van der Waals surface area contributed by atoms with Crippen LogP contribution in [0.5, 0.6) is 0 Å². The minimum Gasteiger partial charge on any atom is -0.325 e. The van der Waals surface area contributed by atoms with Gasteiger partial charge in [-0.05, 0) is 47.5 Å². The van der Waals surface area contributed by atoms with Crippen molar-refractivity contribution in [3.8, 4) is 6.07 Å². The van der Waals surface area contributed by atoms with Crippen LogP contribution in [0.25, 0.3) is 10.8 Å². The molecule has 152 valence electrons. The standard InChI is InChI=1S/C25H26N4O/c1-19(25(30)27-24-11-10-22-4-2-3-5-23(22)16-24)29-14-12-28(13-15-29)18-21-8-6-20(17-26)7-9-21/h2-11,16,19H,12-15,18H2,1H3,(H,27,30)/t19-/m1/s1. The lowest BCUT2D eigenvalue weighted by molar-refractivity contribution is -0.121. The third-order valence-electron chi connectivity index (χ3n) is 5.84. The Hall–Kier alpha value is -3.20. The van der Waals surface area contributed by atoms with Gasteiger partial charge in [-0.3, -0.25) is 14.6 Å². The molecule has 3 aromatic carbocycles. The van der Waals surface area contributed by atoms with Gasteiger partial charge in [-0.1, -0.05) is 42.5 Å². The van der Waals surface area contributed by atoms with Gasteiger partial charge in [0.15, 0.2) is 0 Å². The van der Waals surface area contributed by atoms with Crippen molar-refractivity contribution in [3.63, 3.8) is 0 Å². The lowest BCUT2D eigenvalue weighted by Gasteiger charge is -2.37. The number of hydrogen-bond donors (Lipinski definition) is 1. The first-order chi connectivity index (χ1) is 14.6. The van der Waals surface area contributed by atoms with Crippen molar-refractivity contribution in [3.05, 3.63) is 77.9 Å². The molecule has 5 heteroatoms. The second-order valence-corrected chi connectivity index (χ2v) is 7.85. The van der Waals surface area contributed by atoms with Gasteiger partial charge in [0.1, 0.15) is 0 Å². The zero-order valence-electron chi connectivity index (χ0n) is 17.2. The number of hydrogen-bond acceptors (Lipinski definition) is 4. The highest BCUT2D eigenvalue weighted by Gasteiger charge is 2.25. The summed E-state index contributed by atoms with van der Waals surface area (Å²) >= 11 is 0. The molecule has 0 bridgehead atoms. The molecule has 1 saturated heterocycles. The maximum Gasteiger partial charge on any atom is 0.241 e. The highest BCUT2D eigenvalue weighted by atomic mass is 16.2. The Labute approximate surface area is 177 Å². The predicted octanol–water partition coefficient (Wildman–Crippen LogP) is 3.86. The topological polar surface area (TPSA) is 59.4 Å². The molecular formula is C25H26N4O. The van der Waals surface area contributed by atoms with Crippen molar-refractivity contribution < 1.29 is 4.79 Å². The average Bonchev–Trinajstić information content (AvgIpc) is 2.79. The Kier molecular flexibility index (Phi) is 6.08. The Morgan fingerprint density at radius 2 is 1.70 bits per heavy atom. The van der Waals surface area contributed by atoms with Gasteiger partial charge in [0.2, 0.25) is 5.91 Å². The number of amides is 1. The molecule has 0 radical (unpaired) electrons. The third-order valence-corrected chi connectivity index (χ3v) is 5.84. The fourth-order valence-corrected chi connectivity index (χ4v) is 3.93. The molecule has 1 heterocycles. The number of anilines is 1. The molecule has 5 nitrogen and oxygen atoms in total. The number of fused-ring (bicyclic) bond motifs is 1. The zero-order chi connectivity index (χ0) is 20.9. The van der Waals surface area contributed by atoms with Crippen molar-refractivity contribution in [1.82, 2.24) is 9.80 Å². The van der Waals surface area contributed by atoms with Crippen LogP contribution in [-0.2, 0) is 11.3 Å². The van der Waals surface area contributed by atoms with E-state index in [-0.39, 0.29) is 11.9 Å². The van der Waals surface area contributed by atoms with Crippen LogP contribution in [0.3, 0.4) is 0 Å². The number of nitriles is 1. The zero-order valence-corrected chi connectivity index (χ0v) is 17.2. The minimum atomic E-state index is -0.173. The summed E-state index contributed by atoms with van der Waals surface area (Å²) in [4.78, 5) is 17.4. The van der Waals surface area contributed by atoms with Crippen molar-refractivity contribution >= 4 is 22.4 Å². The second kappa shape index (κ2) is 9.08. The molecule has 4 rings (SSSR count). The number of piperazine rings is 1. The van der Waals surface area contributed by atoms with E-state index in [0.29, 0.717) is 5.56 Å². The molecule has 0 spiro atoms. The molecule has 1 amide bonds. The molecule has 0 aromatic heterocycles. The molecule has 0 aliphatic carbocycles. The number of carbonyl (C=O) groups excluding carboxylic acids is 1. The van der Waals surface area contributed by atoms with E-state index in [1.807, 2.05) is 61.5 Å². The van der Waals surface area contributed by atoms with Gasteiger partial charge in [0.25, 0.3) is 0 Å². The van der Waals surface area contributed by atoms with Crippen LogP contribution in [-0.4, -0.2) is 47.9 Å². The lowest BCUT2D eigenvalue weighted by atomic mass is 10.1. The van der Waals surface area contributed by atoms with Crippen LogP contribution < -0.4 is 5.32 Å². The van der Waals surface area contributed by atoms with Crippen molar-refractivity contribution in [2.45, 2.75) is 19.5 Å². The monoisotopic (exact) mass is 398 g/mol. The molecular weight excluding hydrogens is 372 g/mol. The quantitative estimate of drug-likeness (QED) is 0.709. The summed E-state index contributed by atoms with van der Waals surface area (Å²) in [5.41, 5.74) is 2.74. The van der Waals surface area contributed by atoms with E-state index in [9.17, 15) is 4.79 Å². The number of carbonyl (C=O) groups is 1. The Bertz CT molecular complexity index is 1060. The van der Waals surface area contributed by atoms with Crippen LogP contribution in [0, 0.1) is 11.3 Å². The number of benzene rings is 3. The highest BCUT2D eigenvalue weighted by molar-refractivity contribution is 5.97. The summed E-state index contributed by atoms with van der Waals surface area (Å²) in [7, 11) is 0. The van der Waals surface area contributed by atoms with Gasteiger partial charge in [-0.15, -0.1) is 0 Å². The molecule has 1 aliphatic heterocycles. The van der Waals surface area contributed by atoms with E-state index in [1.54, 1.807) is 0 Å². The fourth-order valence-electron chi connectivity index (χ4n) is 3.93. The summed E-state index contributed by atoms with van der Waals surface area (Å²) in [5.74, 6) is 0.0332. The van der Waals surface area contributed by atoms with Gasteiger partial charge in [0, 0.05) is 38.4 Å². The maximum absolute atomic E-state index is 12.8. The average molecular weight is 399 g/mol. The first-order valence-electron chi connectivity index (χ1n) is 10.4. The SMILES string of the molecule is C[C@H](C(=O)Nc1ccc2ccccc2c1)N1CCN(Cc2ccc(C#N)cc2)CC1. The van der Waals surface area contributed by atoms with Crippen LogP contribution >= 0.6 is 0 Å². The molecule has 0 unspecified atom stereocenters. The first kappa shape index (κ1) is 20.1. The number of rotatable bonds is 5. The molecule has 1 N–H and O–H groups in total. The smallest absolute Gasteiger partial charge is 0.241 e. The molecule has 3 aromatic rings. The molecule has 30 heavy (non-hydrogen) atoms. The Balaban J connectivity index is 1.30. The maximum atomic E-state index is 12.8. The lowest BCUT2D eigenvalue weighted by Crippen LogP contribution is -2.52. The first-order valence-corrected chi connectivity index (χ1v) is 10.4. The van der Waals surface area contributed by atoms with Gasteiger partial charge in [-0.2, -0.15) is 5.26 Å². The summed E-state index contributed by atoms with van der Waals surface area (Å²) < 4.78 is 0. The molecule has 1 atom stereocenters.